The Kier molecular flexibility index (Phi) is 6.85. The number of carbonyl (C=O) groups is 3. The Morgan fingerprint density at radius 3 is 2.38 bits per heavy atom. The summed E-state index contributed by atoms with van der Waals surface area (Å²) in [5.74, 6) is 0.170. The lowest BCUT2D eigenvalue weighted by Crippen LogP contribution is -2.37. The number of benzene rings is 2. The van der Waals surface area contributed by atoms with E-state index in [1.807, 2.05) is 18.2 Å². The molecule has 0 radical (unpaired) electrons. The topological polar surface area (TPSA) is 79.0 Å². The summed E-state index contributed by atoms with van der Waals surface area (Å²) in [6.45, 7) is 2.78. The molecule has 1 N–H and O–H groups in total. The van der Waals surface area contributed by atoms with Crippen molar-refractivity contribution in [3.63, 3.8) is 0 Å². The fourth-order valence-electron chi connectivity index (χ4n) is 4.50. The molecule has 168 valence electrons. The van der Waals surface area contributed by atoms with Crippen LogP contribution in [-0.4, -0.2) is 60.8 Å². The first-order chi connectivity index (χ1) is 15.6. The summed E-state index contributed by atoms with van der Waals surface area (Å²) in [5.41, 5.74) is 2.00. The molecule has 2 aliphatic rings. The zero-order valence-corrected chi connectivity index (χ0v) is 18.4. The Balaban J connectivity index is 1.30. The van der Waals surface area contributed by atoms with Crippen molar-refractivity contribution in [3.8, 4) is 5.75 Å². The Labute approximate surface area is 188 Å². The lowest BCUT2D eigenvalue weighted by Gasteiger charge is -2.28. The summed E-state index contributed by atoms with van der Waals surface area (Å²) in [6, 6.07) is 14.9. The van der Waals surface area contributed by atoms with Crippen LogP contribution in [0.4, 0.5) is 0 Å². The molecule has 0 unspecified atom stereocenters. The third kappa shape index (κ3) is 4.67. The number of ether oxygens (including phenoxy) is 1. The minimum Gasteiger partial charge on any atom is -0.497 e. The predicted molar refractivity (Wildman–Crippen MR) is 121 cm³/mol. The minimum atomic E-state index is -0.280. The molecule has 2 aromatic carbocycles. The molecule has 32 heavy (non-hydrogen) atoms. The van der Waals surface area contributed by atoms with Crippen molar-refractivity contribution in [2.45, 2.75) is 31.7 Å². The van der Waals surface area contributed by atoms with Gasteiger partial charge in [0.2, 0.25) is 5.91 Å². The maximum absolute atomic E-state index is 12.5. The lowest BCUT2D eigenvalue weighted by atomic mass is 10.0. The van der Waals surface area contributed by atoms with Gasteiger partial charge in [-0.1, -0.05) is 24.3 Å². The summed E-state index contributed by atoms with van der Waals surface area (Å²) in [7, 11) is 1.65. The smallest absolute Gasteiger partial charge is 0.261 e. The first kappa shape index (κ1) is 22.0. The highest BCUT2D eigenvalue weighted by Gasteiger charge is 2.34. The van der Waals surface area contributed by atoms with Gasteiger partial charge in [0.25, 0.3) is 11.8 Å². The van der Waals surface area contributed by atoms with Crippen LogP contribution in [0.15, 0.2) is 48.5 Å². The van der Waals surface area contributed by atoms with Crippen LogP contribution < -0.4 is 10.1 Å². The number of likely N-dealkylation sites (tertiary alicyclic amines) is 1. The van der Waals surface area contributed by atoms with Crippen LogP contribution in [0.3, 0.4) is 0 Å². The second-order valence-corrected chi connectivity index (χ2v) is 8.25. The maximum Gasteiger partial charge on any atom is 0.261 e. The molecular weight excluding hydrogens is 406 g/mol. The number of nitrogens with one attached hydrogen (secondary N) is 1. The van der Waals surface area contributed by atoms with Gasteiger partial charge in [-0.05, 0) is 62.2 Å². The van der Waals surface area contributed by atoms with Gasteiger partial charge in [-0.15, -0.1) is 0 Å². The third-order valence-corrected chi connectivity index (χ3v) is 6.22. The van der Waals surface area contributed by atoms with Gasteiger partial charge in [0.15, 0.2) is 0 Å². The number of rotatable bonds is 9. The number of fused-ring (bicyclic) bond motifs is 1. The molecule has 0 spiro atoms. The van der Waals surface area contributed by atoms with E-state index in [9.17, 15) is 14.4 Å². The van der Waals surface area contributed by atoms with E-state index in [1.54, 1.807) is 31.4 Å². The normalized spacial score (nSPS) is 16.8. The van der Waals surface area contributed by atoms with Crippen molar-refractivity contribution in [2.75, 3.05) is 33.3 Å². The summed E-state index contributed by atoms with van der Waals surface area (Å²) in [5, 5.41) is 3.05. The van der Waals surface area contributed by atoms with Crippen LogP contribution in [0.2, 0.25) is 0 Å². The Morgan fingerprint density at radius 1 is 1.03 bits per heavy atom. The van der Waals surface area contributed by atoms with Crippen molar-refractivity contribution in [1.29, 1.82) is 0 Å². The predicted octanol–water partition coefficient (Wildman–Crippen LogP) is 3.02. The van der Waals surface area contributed by atoms with E-state index in [2.05, 4.69) is 16.3 Å². The minimum absolute atomic E-state index is 0.0753. The van der Waals surface area contributed by atoms with Gasteiger partial charge in [0.1, 0.15) is 5.75 Å². The Morgan fingerprint density at radius 2 is 1.72 bits per heavy atom. The molecule has 7 nitrogen and oxygen atoms in total. The number of carbonyl (C=O) groups excluding carboxylic acids is 3. The number of imide groups is 1. The molecule has 0 saturated carbocycles. The van der Waals surface area contributed by atoms with Gasteiger partial charge >= 0.3 is 0 Å². The molecule has 0 aromatic heterocycles. The second-order valence-electron chi connectivity index (χ2n) is 8.25. The van der Waals surface area contributed by atoms with E-state index in [1.165, 1.54) is 4.90 Å². The van der Waals surface area contributed by atoms with Gasteiger partial charge in [-0.25, -0.2) is 0 Å². The summed E-state index contributed by atoms with van der Waals surface area (Å²) < 4.78 is 5.37. The molecule has 1 saturated heterocycles. The fourth-order valence-corrected chi connectivity index (χ4v) is 4.50. The monoisotopic (exact) mass is 435 g/mol. The van der Waals surface area contributed by atoms with Crippen molar-refractivity contribution in [2.24, 2.45) is 0 Å². The molecule has 1 fully saturated rings. The SMILES string of the molecule is COc1cccc([C@H](CNC(=O)CCCN2C(=O)c3ccccc3C2=O)N2CCCC2)c1. The van der Waals surface area contributed by atoms with Crippen molar-refractivity contribution < 1.29 is 19.1 Å². The van der Waals surface area contributed by atoms with Crippen molar-refractivity contribution in [1.82, 2.24) is 15.1 Å². The molecule has 4 rings (SSSR count). The van der Waals surface area contributed by atoms with Gasteiger partial charge in [0, 0.05) is 19.5 Å². The summed E-state index contributed by atoms with van der Waals surface area (Å²) in [4.78, 5) is 41.0. The Bertz CT molecular complexity index is 965. The number of hydrogen-bond acceptors (Lipinski definition) is 5. The summed E-state index contributed by atoms with van der Waals surface area (Å²) in [6.07, 6.45) is 3.02. The van der Waals surface area contributed by atoms with Gasteiger partial charge < -0.3 is 10.1 Å². The van der Waals surface area contributed by atoms with E-state index in [4.69, 9.17) is 4.74 Å². The molecule has 2 heterocycles. The zero-order chi connectivity index (χ0) is 22.5. The van der Waals surface area contributed by atoms with E-state index in [-0.39, 0.29) is 36.7 Å². The second kappa shape index (κ2) is 9.96. The Hall–Kier alpha value is -3.19. The average Bonchev–Trinajstić information content (AvgIpc) is 3.43. The third-order valence-electron chi connectivity index (χ3n) is 6.22. The van der Waals surface area contributed by atoms with Crippen LogP contribution in [0.1, 0.15) is 58.0 Å². The standard InChI is InChI=1S/C25H29N3O4/c1-32-19-9-6-8-18(16-19)22(27-13-4-5-14-27)17-26-23(29)12-7-15-28-24(30)20-10-2-3-11-21(20)25(28)31/h2-3,6,8-11,16,22H,4-5,7,12-15,17H2,1H3,(H,26,29)/t22-/m0/s1. The van der Waals surface area contributed by atoms with Gasteiger partial charge in [-0.2, -0.15) is 0 Å². The number of methoxy groups -OCH3 is 1. The van der Waals surface area contributed by atoms with Crippen molar-refractivity contribution in [3.05, 3.63) is 65.2 Å². The van der Waals surface area contributed by atoms with Gasteiger partial charge in [0.05, 0.1) is 24.3 Å². The molecule has 2 aliphatic heterocycles. The molecule has 0 aliphatic carbocycles. The quantitative estimate of drug-likeness (QED) is 0.613. The van der Waals surface area contributed by atoms with Crippen molar-refractivity contribution >= 4 is 17.7 Å². The fraction of sp³-hybridized carbons (Fsp3) is 0.400. The highest BCUT2D eigenvalue weighted by Crippen LogP contribution is 2.27. The molecule has 3 amide bonds. The average molecular weight is 436 g/mol. The first-order valence-electron chi connectivity index (χ1n) is 11.2. The van der Waals surface area contributed by atoms with Crippen LogP contribution in [-0.2, 0) is 4.79 Å². The van der Waals surface area contributed by atoms with Gasteiger partial charge in [-0.3, -0.25) is 24.2 Å². The first-order valence-corrected chi connectivity index (χ1v) is 11.2. The highest BCUT2D eigenvalue weighted by atomic mass is 16.5. The molecule has 7 heteroatoms. The van der Waals surface area contributed by atoms with Crippen LogP contribution in [0.25, 0.3) is 0 Å². The lowest BCUT2D eigenvalue weighted by molar-refractivity contribution is -0.121. The molecule has 0 bridgehead atoms. The number of amides is 3. The highest BCUT2D eigenvalue weighted by molar-refractivity contribution is 6.21. The summed E-state index contributed by atoms with van der Waals surface area (Å²) >= 11 is 0. The molecule has 2 aromatic rings. The van der Waals surface area contributed by atoms with Crippen LogP contribution in [0, 0.1) is 0 Å². The zero-order valence-electron chi connectivity index (χ0n) is 18.4. The number of nitrogens with zero attached hydrogens (tertiary/aromatic N) is 2. The number of hydrogen-bond donors (Lipinski definition) is 1. The van der Waals surface area contributed by atoms with Crippen LogP contribution >= 0.6 is 0 Å². The molecule has 1 atom stereocenters. The van der Waals surface area contributed by atoms with Crippen LogP contribution in [0.5, 0.6) is 5.75 Å². The largest absolute Gasteiger partial charge is 0.497 e. The van der Waals surface area contributed by atoms with E-state index in [0.717, 1.165) is 37.2 Å². The van der Waals surface area contributed by atoms with E-state index >= 15 is 0 Å². The van der Waals surface area contributed by atoms with E-state index < -0.39 is 0 Å². The maximum atomic E-state index is 12.5. The van der Waals surface area contributed by atoms with E-state index in [0.29, 0.717) is 24.1 Å². The molecular formula is C25H29N3O4.